The van der Waals surface area contributed by atoms with Gasteiger partial charge in [-0.1, -0.05) is 19.1 Å². The van der Waals surface area contributed by atoms with E-state index in [1.165, 1.54) is 17.4 Å². The van der Waals surface area contributed by atoms with Crippen LogP contribution in [0.4, 0.5) is 0 Å². The molecule has 1 amide bonds. The number of aryl methyl sites for hydroxylation is 1. The summed E-state index contributed by atoms with van der Waals surface area (Å²) in [5.74, 6) is 0.107. The van der Waals surface area contributed by atoms with Crippen molar-refractivity contribution in [2.24, 2.45) is 5.92 Å². The van der Waals surface area contributed by atoms with Crippen molar-refractivity contribution in [3.8, 4) is 0 Å². The minimum atomic E-state index is -0.408. The lowest BCUT2D eigenvalue weighted by Gasteiger charge is -2.31. The maximum Gasteiger partial charge on any atom is 0.419 e. The summed E-state index contributed by atoms with van der Waals surface area (Å²) in [7, 11) is 0. The molecule has 1 aromatic carbocycles. The average molecular weight is 331 g/mol. The number of benzene rings is 1. The Labute approximate surface area is 141 Å². The number of amides is 1. The Morgan fingerprint density at radius 1 is 1.38 bits per heavy atom. The zero-order valence-corrected chi connectivity index (χ0v) is 14.2. The summed E-state index contributed by atoms with van der Waals surface area (Å²) in [6.45, 7) is 6.53. The summed E-state index contributed by atoms with van der Waals surface area (Å²) in [5, 5.41) is 3.02. The molecule has 1 aliphatic rings. The number of rotatable bonds is 6. The lowest BCUT2D eigenvalue weighted by Crippen LogP contribution is -2.40. The van der Waals surface area contributed by atoms with E-state index in [1.807, 2.05) is 18.2 Å². The van der Waals surface area contributed by atoms with Crippen LogP contribution in [0, 0.1) is 5.92 Å². The highest BCUT2D eigenvalue weighted by molar-refractivity contribution is 5.76. The molecule has 0 aliphatic carbocycles. The summed E-state index contributed by atoms with van der Waals surface area (Å²) >= 11 is 0. The van der Waals surface area contributed by atoms with Gasteiger partial charge in [-0.15, -0.1) is 0 Å². The SMILES string of the molecule is CCN1CCC[C@@H](CNC(=O)CCn2c(=O)oc3ccccc32)C1. The lowest BCUT2D eigenvalue weighted by atomic mass is 9.98. The first-order valence-corrected chi connectivity index (χ1v) is 8.74. The molecular formula is C18H25N3O3. The van der Waals surface area contributed by atoms with Crippen LogP contribution < -0.4 is 11.1 Å². The number of carbonyl (C=O) groups is 1. The maximum atomic E-state index is 12.1. The van der Waals surface area contributed by atoms with Gasteiger partial charge < -0.3 is 14.6 Å². The van der Waals surface area contributed by atoms with E-state index in [-0.39, 0.29) is 12.3 Å². The predicted molar refractivity (Wildman–Crippen MR) is 92.9 cm³/mol. The molecule has 2 heterocycles. The van der Waals surface area contributed by atoms with Crippen molar-refractivity contribution < 1.29 is 9.21 Å². The van der Waals surface area contributed by atoms with Crippen molar-refractivity contribution in [2.75, 3.05) is 26.2 Å². The van der Waals surface area contributed by atoms with Crippen molar-refractivity contribution in [2.45, 2.75) is 32.7 Å². The number of oxazole rings is 1. The monoisotopic (exact) mass is 331 g/mol. The minimum absolute atomic E-state index is 0.0131. The molecule has 1 fully saturated rings. The van der Waals surface area contributed by atoms with E-state index in [0.717, 1.165) is 31.7 Å². The van der Waals surface area contributed by atoms with Gasteiger partial charge in [0.25, 0.3) is 0 Å². The maximum absolute atomic E-state index is 12.1. The summed E-state index contributed by atoms with van der Waals surface area (Å²) in [4.78, 5) is 26.4. The second-order valence-corrected chi connectivity index (χ2v) is 6.44. The molecule has 3 rings (SSSR count). The molecule has 6 heteroatoms. The second-order valence-electron chi connectivity index (χ2n) is 6.44. The molecule has 6 nitrogen and oxygen atoms in total. The van der Waals surface area contributed by atoms with Crippen LogP contribution in [0.15, 0.2) is 33.5 Å². The summed E-state index contributed by atoms with van der Waals surface area (Å²) in [6.07, 6.45) is 2.65. The number of nitrogens with zero attached hydrogens (tertiary/aromatic N) is 2. The molecule has 0 spiro atoms. The molecule has 130 valence electrons. The van der Waals surface area contributed by atoms with Crippen LogP contribution in [0.2, 0.25) is 0 Å². The second kappa shape index (κ2) is 7.66. The van der Waals surface area contributed by atoms with Crippen LogP contribution in [0.1, 0.15) is 26.2 Å². The zero-order valence-electron chi connectivity index (χ0n) is 14.2. The van der Waals surface area contributed by atoms with Gasteiger partial charge in [0.15, 0.2) is 5.58 Å². The molecule has 1 aromatic heterocycles. The first-order chi connectivity index (χ1) is 11.7. The van der Waals surface area contributed by atoms with Gasteiger partial charge >= 0.3 is 5.76 Å². The fraction of sp³-hybridized carbons (Fsp3) is 0.556. The van der Waals surface area contributed by atoms with Crippen LogP contribution in [-0.2, 0) is 11.3 Å². The lowest BCUT2D eigenvalue weighted by molar-refractivity contribution is -0.121. The van der Waals surface area contributed by atoms with Gasteiger partial charge in [-0.05, 0) is 44.0 Å². The van der Waals surface area contributed by atoms with Gasteiger partial charge in [-0.2, -0.15) is 0 Å². The first kappa shape index (κ1) is 16.8. The third-order valence-corrected chi connectivity index (χ3v) is 4.77. The number of fused-ring (bicyclic) bond motifs is 1. The highest BCUT2D eigenvalue weighted by Gasteiger charge is 2.19. The van der Waals surface area contributed by atoms with Gasteiger partial charge in [-0.25, -0.2) is 4.79 Å². The molecule has 1 atom stereocenters. The topological polar surface area (TPSA) is 67.5 Å². The standard InChI is InChI=1S/C18H25N3O3/c1-2-20-10-5-6-14(13-20)12-19-17(22)9-11-21-15-7-3-4-8-16(15)24-18(21)23/h3-4,7-8,14H,2,5-6,9-13H2,1H3,(H,19,22)/t14-/m0/s1. The third kappa shape index (κ3) is 3.87. The van der Waals surface area contributed by atoms with Gasteiger partial charge in [0.2, 0.25) is 5.91 Å². The molecule has 0 unspecified atom stereocenters. The van der Waals surface area contributed by atoms with Gasteiger partial charge in [0, 0.05) is 26.1 Å². The highest BCUT2D eigenvalue weighted by atomic mass is 16.4. The largest absolute Gasteiger partial charge is 0.419 e. The Bertz CT molecular complexity index is 749. The minimum Gasteiger partial charge on any atom is -0.408 e. The fourth-order valence-electron chi connectivity index (χ4n) is 3.39. The molecule has 1 N–H and O–H groups in total. The molecular weight excluding hydrogens is 306 g/mol. The van der Waals surface area contributed by atoms with E-state index in [2.05, 4.69) is 17.1 Å². The van der Waals surface area contributed by atoms with E-state index >= 15 is 0 Å². The van der Waals surface area contributed by atoms with Crippen molar-refractivity contribution in [3.63, 3.8) is 0 Å². The zero-order chi connectivity index (χ0) is 16.9. The molecule has 0 radical (unpaired) electrons. The number of piperidine rings is 1. The number of likely N-dealkylation sites (tertiary alicyclic amines) is 1. The predicted octanol–water partition coefficient (Wildman–Crippen LogP) is 1.83. The van der Waals surface area contributed by atoms with E-state index in [4.69, 9.17) is 4.42 Å². The van der Waals surface area contributed by atoms with Crippen molar-refractivity contribution in [1.82, 2.24) is 14.8 Å². The number of hydrogen-bond acceptors (Lipinski definition) is 4. The van der Waals surface area contributed by atoms with E-state index in [9.17, 15) is 9.59 Å². The Morgan fingerprint density at radius 3 is 3.04 bits per heavy atom. The van der Waals surface area contributed by atoms with Crippen LogP contribution >= 0.6 is 0 Å². The van der Waals surface area contributed by atoms with E-state index in [1.54, 1.807) is 6.07 Å². The number of hydrogen-bond donors (Lipinski definition) is 1. The Kier molecular flexibility index (Phi) is 5.35. The summed E-state index contributed by atoms with van der Waals surface area (Å²) < 4.78 is 6.70. The van der Waals surface area contributed by atoms with E-state index < -0.39 is 5.76 Å². The highest BCUT2D eigenvalue weighted by Crippen LogP contribution is 2.15. The van der Waals surface area contributed by atoms with Crippen molar-refractivity contribution >= 4 is 17.0 Å². The van der Waals surface area contributed by atoms with Crippen LogP contribution in [-0.4, -0.2) is 41.6 Å². The molecule has 1 aliphatic heterocycles. The fourth-order valence-corrected chi connectivity index (χ4v) is 3.39. The third-order valence-electron chi connectivity index (χ3n) is 4.77. The van der Waals surface area contributed by atoms with E-state index in [0.29, 0.717) is 18.0 Å². The van der Waals surface area contributed by atoms with Crippen LogP contribution in [0.25, 0.3) is 11.1 Å². The Morgan fingerprint density at radius 2 is 2.21 bits per heavy atom. The smallest absolute Gasteiger partial charge is 0.408 e. The molecule has 2 aromatic rings. The Hall–Kier alpha value is -2.08. The number of nitrogens with one attached hydrogen (secondary N) is 1. The number of para-hydroxylation sites is 2. The molecule has 24 heavy (non-hydrogen) atoms. The summed E-state index contributed by atoms with van der Waals surface area (Å²) in [6, 6.07) is 7.28. The van der Waals surface area contributed by atoms with Crippen molar-refractivity contribution in [3.05, 3.63) is 34.8 Å². The number of aromatic nitrogens is 1. The quantitative estimate of drug-likeness (QED) is 0.877. The number of carbonyl (C=O) groups excluding carboxylic acids is 1. The van der Waals surface area contributed by atoms with Crippen LogP contribution in [0.3, 0.4) is 0 Å². The first-order valence-electron chi connectivity index (χ1n) is 8.74. The normalized spacial score (nSPS) is 18.8. The van der Waals surface area contributed by atoms with Crippen LogP contribution in [0.5, 0.6) is 0 Å². The van der Waals surface area contributed by atoms with Gasteiger partial charge in [-0.3, -0.25) is 9.36 Å². The molecule has 0 saturated carbocycles. The average Bonchev–Trinajstić information content (AvgIpc) is 2.93. The molecule has 1 saturated heterocycles. The summed E-state index contributed by atoms with van der Waals surface area (Å²) in [5.41, 5.74) is 1.30. The molecule has 0 bridgehead atoms. The van der Waals surface area contributed by atoms with Gasteiger partial charge in [0.1, 0.15) is 0 Å². The Balaban J connectivity index is 1.50. The van der Waals surface area contributed by atoms with Crippen molar-refractivity contribution in [1.29, 1.82) is 0 Å². The van der Waals surface area contributed by atoms with Gasteiger partial charge in [0.05, 0.1) is 5.52 Å².